The monoisotopic (exact) mass is 264 g/mol. The van der Waals surface area contributed by atoms with Crippen molar-refractivity contribution in [3.63, 3.8) is 0 Å². The maximum absolute atomic E-state index is 11.5. The number of piperidine rings is 1. The van der Waals surface area contributed by atoms with Crippen LogP contribution in [0.5, 0.6) is 0 Å². The van der Waals surface area contributed by atoms with Crippen LogP contribution in [0.2, 0.25) is 0 Å². The largest absolute Gasteiger partial charge is 0.450 e. The molecule has 0 aromatic carbocycles. The third kappa shape index (κ3) is 4.17. The van der Waals surface area contributed by atoms with E-state index in [1.165, 1.54) is 0 Å². The number of ether oxygens (including phenoxy) is 1. The molecule has 19 heavy (non-hydrogen) atoms. The summed E-state index contributed by atoms with van der Waals surface area (Å²) in [4.78, 5) is 13.3. The number of aromatic nitrogens is 2. The summed E-state index contributed by atoms with van der Waals surface area (Å²) < 4.78 is 4.99. The minimum atomic E-state index is -0.199. The highest BCUT2D eigenvalue weighted by atomic mass is 16.6. The van der Waals surface area contributed by atoms with E-state index in [0.717, 1.165) is 38.2 Å². The summed E-state index contributed by atoms with van der Waals surface area (Å²) in [5.74, 6) is 0. The number of carbonyl (C=O) groups excluding carboxylic acids is 1. The molecule has 0 bridgehead atoms. The summed E-state index contributed by atoms with van der Waals surface area (Å²) in [5, 5.41) is 11.3. The molecule has 1 N–H and O–H groups in total. The van der Waals surface area contributed by atoms with Crippen molar-refractivity contribution in [2.45, 2.75) is 32.4 Å². The Bertz CT molecular complexity index is 391. The fourth-order valence-electron chi connectivity index (χ4n) is 2.16. The molecule has 2 rings (SSSR count). The van der Waals surface area contributed by atoms with Gasteiger partial charge in [0.15, 0.2) is 0 Å². The number of likely N-dealkylation sites (tertiary alicyclic amines) is 1. The van der Waals surface area contributed by atoms with Crippen LogP contribution in [-0.4, -0.2) is 46.9 Å². The molecule has 0 unspecified atom stereocenters. The van der Waals surface area contributed by atoms with Gasteiger partial charge in [-0.05, 0) is 31.9 Å². The zero-order chi connectivity index (χ0) is 13.5. The molecular formula is C13H20N4O2. The van der Waals surface area contributed by atoms with Gasteiger partial charge in [0, 0.05) is 31.9 Å². The number of nitrogens with one attached hydrogen (secondary N) is 1. The molecule has 0 saturated carbocycles. The van der Waals surface area contributed by atoms with E-state index in [4.69, 9.17) is 4.74 Å². The Balaban J connectivity index is 1.70. The van der Waals surface area contributed by atoms with Gasteiger partial charge < -0.3 is 15.0 Å². The van der Waals surface area contributed by atoms with Gasteiger partial charge in [-0.25, -0.2) is 4.79 Å². The molecule has 1 aliphatic rings. The SMILES string of the molecule is CCOC(=O)N1CCC(NCc2cccnn2)CC1. The standard InChI is InChI=1S/C13H20N4O2/c1-2-19-13(18)17-8-5-11(6-9-17)14-10-12-4-3-7-15-16-12/h3-4,7,11,14H,2,5-6,8-10H2,1H3. The number of rotatable bonds is 4. The average Bonchev–Trinajstić information content (AvgIpc) is 2.47. The van der Waals surface area contributed by atoms with Gasteiger partial charge in [-0.3, -0.25) is 0 Å². The van der Waals surface area contributed by atoms with E-state index in [-0.39, 0.29) is 6.09 Å². The van der Waals surface area contributed by atoms with Gasteiger partial charge in [-0.2, -0.15) is 10.2 Å². The number of hydrogen-bond acceptors (Lipinski definition) is 5. The van der Waals surface area contributed by atoms with Crippen molar-refractivity contribution < 1.29 is 9.53 Å². The highest BCUT2D eigenvalue weighted by Gasteiger charge is 2.23. The highest BCUT2D eigenvalue weighted by molar-refractivity contribution is 5.67. The van der Waals surface area contributed by atoms with Crippen LogP contribution < -0.4 is 5.32 Å². The molecule has 0 atom stereocenters. The molecule has 0 spiro atoms. The second kappa shape index (κ2) is 7.04. The summed E-state index contributed by atoms with van der Waals surface area (Å²) in [7, 11) is 0. The average molecular weight is 264 g/mol. The van der Waals surface area contributed by atoms with Gasteiger partial charge in [0.1, 0.15) is 0 Å². The van der Waals surface area contributed by atoms with Gasteiger partial charge >= 0.3 is 6.09 Å². The molecule has 1 aromatic rings. The number of hydrogen-bond donors (Lipinski definition) is 1. The Labute approximate surface area is 113 Å². The maximum Gasteiger partial charge on any atom is 0.409 e. The van der Waals surface area contributed by atoms with Gasteiger partial charge in [-0.1, -0.05) is 0 Å². The zero-order valence-corrected chi connectivity index (χ0v) is 11.2. The third-order valence-corrected chi connectivity index (χ3v) is 3.22. The van der Waals surface area contributed by atoms with Crippen molar-refractivity contribution in [3.05, 3.63) is 24.0 Å². The Morgan fingerprint density at radius 1 is 1.53 bits per heavy atom. The molecule has 2 heterocycles. The first kappa shape index (κ1) is 13.7. The summed E-state index contributed by atoms with van der Waals surface area (Å²) in [6, 6.07) is 4.26. The van der Waals surface area contributed by atoms with E-state index in [9.17, 15) is 4.79 Å². The molecule has 0 radical (unpaired) electrons. The molecule has 6 heteroatoms. The second-order valence-corrected chi connectivity index (χ2v) is 4.56. The van der Waals surface area contributed by atoms with Gasteiger partial charge in [0.2, 0.25) is 0 Å². The Hall–Kier alpha value is -1.69. The Morgan fingerprint density at radius 2 is 2.32 bits per heavy atom. The molecule has 6 nitrogen and oxygen atoms in total. The van der Waals surface area contributed by atoms with Crippen molar-refractivity contribution >= 4 is 6.09 Å². The number of nitrogens with zero attached hydrogens (tertiary/aromatic N) is 3. The van der Waals surface area contributed by atoms with E-state index in [1.807, 2.05) is 19.1 Å². The predicted octanol–water partition coefficient (Wildman–Crippen LogP) is 1.19. The van der Waals surface area contributed by atoms with Crippen LogP contribution in [0.25, 0.3) is 0 Å². The summed E-state index contributed by atoms with van der Waals surface area (Å²) in [6.45, 7) is 4.47. The zero-order valence-electron chi connectivity index (χ0n) is 11.2. The minimum absolute atomic E-state index is 0.199. The predicted molar refractivity (Wildman–Crippen MR) is 70.5 cm³/mol. The van der Waals surface area contributed by atoms with Crippen molar-refractivity contribution in [2.75, 3.05) is 19.7 Å². The molecule has 1 fully saturated rings. The van der Waals surface area contributed by atoms with Gasteiger partial charge in [-0.15, -0.1) is 0 Å². The van der Waals surface area contributed by atoms with E-state index < -0.39 is 0 Å². The van der Waals surface area contributed by atoms with Crippen LogP contribution in [0.15, 0.2) is 18.3 Å². The molecule has 0 aliphatic carbocycles. The van der Waals surface area contributed by atoms with Crippen LogP contribution in [-0.2, 0) is 11.3 Å². The van der Waals surface area contributed by atoms with E-state index >= 15 is 0 Å². The maximum atomic E-state index is 11.5. The van der Waals surface area contributed by atoms with Crippen molar-refractivity contribution in [1.29, 1.82) is 0 Å². The van der Waals surface area contributed by atoms with Crippen LogP contribution in [0.1, 0.15) is 25.5 Å². The van der Waals surface area contributed by atoms with Gasteiger partial charge in [0.25, 0.3) is 0 Å². The highest BCUT2D eigenvalue weighted by Crippen LogP contribution is 2.11. The fraction of sp³-hybridized carbons (Fsp3) is 0.615. The van der Waals surface area contributed by atoms with E-state index in [2.05, 4.69) is 15.5 Å². The lowest BCUT2D eigenvalue weighted by Gasteiger charge is -2.31. The fourth-order valence-corrected chi connectivity index (χ4v) is 2.16. The Kier molecular flexibility index (Phi) is 5.09. The molecule has 1 aliphatic heterocycles. The molecular weight excluding hydrogens is 244 g/mol. The smallest absolute Gasteiger partial charge is 0.409 e. The topological polar surface area (TPSA) is 67.3 Å². The van der Waals surface area contributed by atoms with Crippen LogP contribution in [0.3, 0.4) is 0 Å². The first-order valence-corrected chi connectivity index (χ1v) is 6.71. The van der Waals surface area contributed by atoms with E-state index in [0.29, 0.717) is 12.6 Å². The second-order valence-electron chi connectivity index (χ2n) is 4.56. The van der Waals surface area contributed by atoms with Crippen molar-refractivity contribution in [2.24, 2.45) is 0 Å². The first-order chi connectivity index (χ1) is 9.29. The quantitative estimate of drug-likeness (QED) is 0.884. The lowest BCUT2D eigenvalue weighted by atomic mass is 10.1. The first-order valence-electron chi connectivity index (χ1n) is 6.71. The van der Waals surface area contributed by atoms with Crippen LogP contribution in [0, 0.1) is 0 Å². The van der Waals surface area contributed by atoms with Crippen molar-refractivity contribution in [1.82, 2.24) is 20.4 Å². The summed E-state index contributed by atoms with van der Waals surface area (Å²) in [6.07, 6.45) is 3.36. The number of amides is 1. The number of carbonyl (C=O) groups is 1. The van der Waals surface area contributed by atoms with Crippen molar-refractivity contribution in [3.8, 4) is 0 Å². The van der Waals surface area contributed by atoms with Crippen LogP contribution >= 0.6 is 0 Å². The Morgan fingerprint density at radius 3 is 2.95 bits per heavy atom. The van der Waals surface area contributed by atoms with Crippen LogP contribution in [0.4, 0.5) is 4.79 Å². The molecule has 1 amide bonds. The minimum Gasteiger partial charge on any atom is -0.450 e. The normalized spacial score (nSPS) is 16.4. The molecule has 1 aromatic heterocycles. The van der Waals surface area contributed by atoms with E-state index in [1.54, 1.807) is 11.1 Å². The lowest BCUT2D eigenvalue weighted by Crippen LogP contribution is -2.45. The summed E-state index contributed by atoms with van der Waals surface area (Å²) >= 11 is 0. The molecule has 104 valence electrons. The molecule has 1 saturated heterocycles. The third-order valence-electron chi connectivity index (χ3n) is 3.22. The lowest BCUT2D eigenvalue weighted by molar-refractivity contribution is 0.0949. The summed E-state index contributed by atoms with van der Waals surface area (Å²) in [5.41, 5.74) is 0.940. The van der Waals surface area contributed by atoms with Gasteiger partial charge in [0.05, 0.1) is 12.3 Å².